The first-order chi connectivity index (χ1) is 7.60. The van der Waals surface area contributed by atoms with E-state index in [1.165, 1.54) is 6.07 Å². The van der Waals surface area contributed by atoms with E-state index in [0.29, 0.717) is 3.57 Å². The van der Waals surface area contributed by atoms with Crippen LogP contribution in [0.3, 0.4) is 0 Å². The molecule has 1 aromatic rings. The summed E-state index contributed by atoms with van der Waals surface area (Å²) >= 11 is 1.81. The highest BCUT2D eigenvalue weighted by atomic mass is 127. The van der Waals surface area contributed by atoms with Crippen LogP contribution in [0.1, 0.15) is 0 Å². The zero-order valence-electron chi connectivity index (χ0n) is 7.76. The summed E-state index contributed by atoms with van der Waals surface area (Å²) in [5, 5.41) is 19.3. The highest BCUT2D eigenvalue weighted by Gasteiger charge is 2.10. The Morgan fingerprint density at radius 1 is 1.31 bits per heavy atom. The minimum absolute atomic E-state index is 0.0939. The molecule has 6 heteroatoms. The van der Waals surface area contributed by atoms with Crippen LogP contribution in [0, 0.1) is 37.9 Å². The molecule has 0 radical (unpaired) electrons. The zero-order chi connectivity index (χ0) is 12.1. The van der Waals surface area contributed by atoms with E-state index >= 15 is 0 Å². The van der Waals surface area contributed by atoms with Gasteiger partial charge in [0.05, 0.1) is 5.69 Å². The molecule has 0 saturated heterocycles. The number of anilines is 1. The fourth-order valence-corrected chi connectivity index (χ4v) is 1.47. The highest BCUT2D eigenvalue weighted by Crippen LogP contribution is 2.24. The van der Waals surface area contributed by atoms with Crippen molar-refractivity contribution < 1.29 is 8.78 Å². The molecule has 0 aliphatic heterocycles. The molecule has 3 nitrogen and oxygen atoms in total. The summed E-state index contributed by atoms with van der Waals surface area (Å²) in [6, 6.07) is 5.57. The maximum Gasteiger partial charge on any atom is 0.183 e. The van der Waals surface area contributed by atoms with Crippen LogP contribution < -0.4 is 5.32 Å². The van der Waals surface area contributed by atoms with Gasteiger partial charge in [-0.3, -0.25) is 0 Å². The van der Waals surface area contributed by atoms with Crippen LogP contribution in [0.4, 0.5) is 14.5 Å². The van der Waals surface area contributed by atoms with Gasteiger partial charge < -0.3 is 5.32 Å². The van der Waals surface area contributed by atoms with E-state index in [2.05, 4.69) is 5.32 Å². The predicted octanol–water partition coefficient (Wildman–Crippen LogP) is 2.91. The van der Waals surface area contributed by atoms with E-state index in [9.17, 15) is 8.78 Å². The monoisotopic (exact) mass is 331 g/mol. The number of nitrogens with one attached hydrogen (secondary N) is 1. The first kappa shape index (κ1) is 12.4. The Hall–Kier alpha value is -1.67. The molecular weight excluding hydrogens is 327 g/mol. The van der Waals surface area contributed by atoms with Gasteiger partial charge in [0.1, 0.15) is 17.7 Å². The Kier molecular flexibility index (Phi) is 4.20. The van der Waals surface area contributed by atoms with Gasteiger partial charge in [0.25, 0.3) is 0 Å². The third kappa shape index (κ3) is 2.67. The molecule has 0 spiro atoms. The second kappa shape index (κ2) is 5.42. The fourth-order valence-electron chi connectivity index (χ4n) is 0.893. The van der Waals surface area contributed by atoms with Crippen LogP contribution >= 0.6 is 22.6 Å². The number of nitrogens with zero attached hydrogens (tertiary/aromatic N) is 2. The third-order valence-electron chi connectivity index (χ3n) is 1.65. The van der Waals surface area contributed by atoms with Crippen molar-refractivity contribution in [1.82, 2.24) is 0 Å². The number of benzene rings is 1. The molecule has 0 amide bonds. The molecule has 0 aliphatic rings. The second-order valence-electron chi connectivity index (χ2n) is 2.64. The summed E-state index contributed by atoms with van der Waals surface area (Å²) in [7, 11) is 0. The topological polar surface area (TPSA) is 59.6 Å². The first-order valence-corrected chi connectivity index (χ1v) is 5.08. The molecule has 0 saturated carbocycles. The normalized spacial score (nSPS) is 8.81. The van der Waals surface area contributed by atoms with Gasteiger partial charge in [0.2, 0.25) is 0 Å². The Morgan fingerprint density at radius 3 is 2.50 bits per heavy atom. The molecule has 1 aromatic carbocycles. The molecular formula is C10H4F2IN3. The highest BCUT2D eigenvalue weighted by molar-refractivity contribution is 14.1. The van der Waals surface area contributed by atoms with Gasteiger partial charge in [-0.1, -0.05) is 0 Å². The van der Waals surface area contributed by atoms with Gasteiger partial charge in [0.15, 0.2) is 11.6 Å². The lowest BCUT2D eigenvalue weighted by Crippen LogP contribution is -1.98. The predicted molar refractivity (Wildman–Crippen MR) is 62.0 cm³/mol. The molecule has 16 heavy (non-hydrogen) atoms. The minimum Gasteiger partial charge on any atom is -0.356 e. The van der Waals surface area contributed by atoms with Gasteiger partial charge in [-0.2, -0.15) is 10.5 Å². The van der Waals surface area contributed by atoms with Crippen molar-refractivity contribution >= 4 is 28.3 Å². The van der Waals surface area contributed by atoms with E-state index in [1.807, 2.05) is 22.6 Å². The Labute approximate surface area is 104 Å². The van der Waals surface area contributed by atoms with Crippen LogP contribution in [0.2, 0.25) is 0 Å². The summed E-state index contributed by atoms with van der Waals surface area (Å²) in [5.41, 5.74) is -0.317. The van der Waals surface area contributed by atoms with Crippen molar-refractivity contribution in [2.75, 3.05) is 5.32 Å². The quantitative estimate of drug-likeness (QED) is 0.515. The average molecular weight is 331 g/mol. The standard InChI is InChI=1S/C10H4F2IN3/c11-7-1-2-8(13)10(9(7)12)16-5-6(3-14)4-15/h1-2,5,16H. The van der Waals surface area contributed by atoms with Crippen molar-refractivity contribution in [2.24, 2.45) is 0 Å². The lowest BCUT2D eigenvalue weighted by molar-refractivity contribution is 0.511. The average Bonchev–Trinajstić information content (AvgIpc) is 2.29. The summed E-state index contributed by atoms with van der Waals surface area (Å²) in [6.45, 7) is 0. The molecule has 0 fully saturated rings. The van der Waals surface area contributed by atoms with Crippen LogP contribution in [-0.4, -0.2) is 0 Å². The van der Waals surface area contributed by atoms with E-state index in [1.54, 1.807) is 12.1 Å². The van der Waals surface area contributed by atoms with Crippen LogP contribution in [-0.2, 0) is 0 Å². The van der Waals surface area contributed by atoms with Crippen molar-refractivity contribution in [2.45, 2.75) is 0 Å². The van der Waals surface area contributed by atoms with Gasteiger partial charge in [0, 0.05) is 9.77 Å². The second-order valence-corrected chi connectivity index (χ2v) is 3.81. The number of hydrogen-bond acceptors (Lipinski definition) is 3. The summed E-state index contributed by atoms with van der Waals surface area (Å²) in [6.07, 6.45) is 1.03. The smallest absolute Gasteiger partial charge is 0.183 e. The summed E-state index contributed by atoms with van der Waals surface area (Å²) < 4.78 is 26.6. The molecule has 0 unspecified atom stereocenters. The molecule has 0 aromatic heterocycles. The Morgan fingerprint density at radius 2 is 1.94 bits per heavy atom. The van der Waals surface area contributed by atoms with Crippen molar-refractivity contribution in [3.05, 3.63) is 39.1 Å². The van der Waals surface area contributed by atoms with E-state index in [4.69, 9.17) is 10.5 Å². The van der Waals surface area contributed by atoms with Gasteiger partial charge >= 0.3 is 0 Å². The summed E-state index contributed by atoms with van der Waals surface area (Å²) in [5.74, 6) is -2.04. The lowest BCUT2D eigenvalue weighted by Gasteiger charge is -2.05. The molecule has 1 rings (SSSR count). The van der Waals surface area contributed by atoms with Crippen LogP contribution in [0.5, 0.6) is 0 Å². The van der Waals surface area contributed by atoms with Gasteiger partial charge in [-0.05, 0) is 34.7 Å². The molecule has 0 atom stereocenters. The van der Waals surface area contributed by atoms with Crippen molar-refractivity contribution in [1.29, 1.82) is 10.5 Å². The number of hydrogen-bond donors (Lipinski definition) is 1. The minimum atomic E-state index is -1.04. The molecule has 0 bridgehead atoms. The Balaban J connectivity index is 3.09. The molecule has 0 heterocycles. The van der Waals surface area contributed by atoms with Crippen LogP contribution in [0.15, 0.2) is 23.9 Å². The lowest BCUT2D eigenvalue weighted by atomic mass is 10.3. The fraction of sp³-hybridized carbons (Fsp3) is 0. The first-order valence-electron chi connectivity index (χ1n) is 4.00. The zero-order valence-corrected chi connectivity index (χ0v) is 9.92. The van der Waals surface area contributed by atoms with Gasteiger partial charge in [-0.15, -0.1) is 0 Å². The number of allylic oxidation sites excluding steroid dienone is 1. The van der Waals surface area contributed by atoms with E-state index in [0.717, 1.165) is 12.3 Å². The van der Waals surface area contributed by atoms with Crippen molar-refractivity contribution in [3.63, 3.8) is 0 Å². The SMILES string of the molecule is N#CC(C#N)=CNc1c(I)ccc(F)c1F. The number of nitriles is 2. The largest absolute Gasteiger partial charge is 0.356 e. The van der Waals surface area contributed by atoms with E-state index < -0.39 is 11.6 Å². The van der Waals surface area contributed by atoms with Gasteiger partial charge in [-0.25, -0.2) is 8.78 Å². The Bertz CT molecular complexity index is 510. The number of rotatable bonds is 2. The maximum atomic E-state index is 13.3. The maximum absolute atomic E-state index is 13.3. The van der Waals surface area contributed by atoms with E-state index in [-0.39, 0.29) is 11.3 Å². The molecule has 0 aliphatic carbocycles. The third-order valence-corrected chi connectivity index (χ3v) is 2.54. The molecule has 1 N–H and O–H groups in total. The van der Waals surface area contributed by atoms with Crippen LogP contribution in [0.25, 0.3) is 0 Å². The number of halogens is 3. The summed E-state index contributed by atoms with van der Waals surface area (Å²) in [4.78, 5) is 0. The van der Waals surface area contributed by atoms with Crippen molar-refractivity contribution in [3.8, 4) is 12.1 Å². The molecule has 80 valence electrons.